The van der Waals surface area contributed by atoms with Gasteiger partial charge in [0, 0.05) is 12.1 Å². The zero-order valence-corrected chi connectivity index (χ0v) is 14.4. The highest BCUT2D eigenvalue weighted by molar-refractivity contribution is 5.03. The molecule has 2 N–H and O–H groups in total. The Balaban J connectivity index is 1.69. The van der Waals surface area contributed by atoms with Gasteiger partial charge >= 0.3 is 0 Å². The molecule has 3 rings (SSSR count). The molecule has 2 nitrogen and oxygen atoms in total. The number of nitrogens with two attached hydrogens (primary N) is 1. The molecule has 0 aromatic carbocycles. The third-order valence-corrected chi connectivity index (χ3v) is 7.69. The van der Waals surface area contributed by atoms with Crippen molar-refractivity contribution in [1.82, 2.24) is 4.90 Å². The number of nitrogens with zero attached hydrogens (tertiary/aromatic N) is 1. The second kappa shape index (κ2) is 6.20. The summed E-state index contributed by atoms with van der Waals surface area (Å²) in [5.74, 6) is 1.60. The van der Waals surface area contributed by atoms with E-state index >= 15 is 0 Å². The van der Waals surface area contributed by atoms with Crippen LogP contribution in [-0.2, 0) is 0 Å². The quantitative estimate of drug-likeness (QED) is 0.827. The molecule has 0 aromatic heterocycles. The minimum absolute atomic E-state index is 0.313. The Kier molecular flexibility index (Phi) is 4.66. The van der Waals surface area contributed by atoms with Crippen LogP contribution in [0.15, 0.2) is 0 Å². The third-order valence-electron chi connectivity index (χ3n) is 7.69. The van der Waals surface area contributed by atoms with E-state index in [1.165, 1.54) is 77.3 Å². The van der Waals surface area contributed by atoms with Gasteiger partial charge in [-0.1, -0.05) is 46.0 Å². The monoisotopic (exact) mass is 292 g/mol. The highest BCUT2D eigenvalue weighted by atomic mass is 15.2. The number of likely N-dealkylation sites (tertiary alicyclic amines) is 1. The average molecular weight is 293 g/mol. The molecule has 2 aliphatic carbocycles. The van der Waals surface area contributed by atoms with Crippen molar-refractivity contribution in [3.05, 3.63) is 0 Å². The van der Waals surface area contributed by atoms with Crippen LogP contribution in [0.25, 0.3) is 0 Å². The van der Waals surface area contributed by atoms with E-state index in [-0.39, 0.29) is 0 Å². The van der Waals surface area contributed by atoms with Crippen molar-refractivity contribution in [2.75, 3.05) is 19.6 Å². The molecule has 3 fully saturated rings. The van der Waals surface area contributed by atoms with Crippen LogP contribution in [0.1, 0.15) is 78.1 Å². The van der Waals surface area contributed by atoms with Gasteiger partial charge in [-0.05, 0) is 62.4 Å². The van der Waals surface area contributed by atoms with E-state index in [4.69, 9.17) is 5.73 Å². The van der Waals surface area contributed by atoms with Gasteiger partial charge in [0.25, 0.3) is 0 Å². The molecule has 0 bridgehead atoms. The first kappa shape index (κ1) is 15.8. The summed E-state index contributed by atoms with van der Waals surface area (Å²) >= 11 is 0. The van der Waals surface area contributed by atoms with Crippen LogP contribution in [0.4, 0.5) is 0 Å². The summed E-state index contributed by atoms with van der Waals surface area (Å²) in [7, 11) is 0. The zero-order valence-electron chi connectivity index (χ0n) is 14.4. The molecule has 1 aliphatic heterocycles. The first-order chi connectivity index (χ1) is 10.1. The van der Waals surface area contributed by atoms with E-state index in [9.17, 15) is 0 Å². The molecule has 3 unspecified atom stereocenters. The molecule has 2 heteroatoms. The van der Waals surface area contributed by atoms with Crippen LogP contribution >= 0.6 is 0 Å². The lowest BCUT2D eigenvalue weighted by atomic mass is 9.64. The lowest BCUT2D eigenvalue weighted by Crippen LogP contribution is -2.63. The van der Waals surface area contributed by atoms with Gasteiger partial charge in [0.05, 0.1) is 0 Å². The molecule has 0 amide bonds. The Bertz CT molecular complexity index is 337. The predicted molar refractivity (Wildman–Crippen MR) is 90.3 cm³/mol. The predicted octanol–water partition coefficient (Wildman–Crippen LogP) is 4.19. The van der Waals surface area contributed by atoms with Gasteiger partial charge in [-0.3, -0.25) is 4.90 Å². The molecular weight excluding hydrogens is 256 g/mol. The van der Waals surface area contributed by atoms with Crippen LogP contribution in [0, 0.1) is 17.3 Å². The average Bonchev–Trinajstić information content (AvgIpc) is 2.52. The summed E-state index contributed by atoms with van der Waals surface area (Å²) in [6.07, 6.45) is 14.4. The summed E-state index contributed by atoms with van der Waals surface area (Å²) in [6, 6.07) is 0. The van der Waals surface area contributed by atoms with E-state index in [1.54, 1.807) is 0 Å². The maximum absolute atomic E-state index is 6.35. The normalized spacial score (nSPS) is 41.3. The van der Waals surface area contributed by atoms with Crippen LogP contribution < -0.4 is 5.73 Å². The first-order valence-electron chi connectivity index (χ1n) is 9.57. The molecule has 1 saturated heterocycles. The van der Waals surface area contributed by atoms with E-state index in [0.29, 0.717) is 11.0 Å². The molecule has 0 radical (unpaired) electrons. The SMILES string of the molecule is CC1CCCC(CN)(N2CCC3(CCCCC3)CC2)C1C. The fourth-order valence-corrected chi connectivity index (χ4v) is 5.83. The number of rotatable bonds is 2. The topological polar surface area (TPSA) is 29.3 Å². The van der Waals surface area contributed by atoms with Crippen LogP contribution in [0.5, 0.6) is 0 Å². The molecule has 3 aliphatic rings. The standard InChI is InChI=1S/C19H36N2/c1-16-7-6-10-19(15-20,17(16)2)21-13-11-18(12-14-21)8-4-3-5-9-18/h16-17H,3-15,20H2,1-2H3. The van der Waals surface area contributed by atoms with E-state index in [0.717, 1.165) is 18.4 Å². The zero-order chi connectivity index (χ0) is 14.9. The van der Waals surface area contributed by atoms with Gasteiger partial charge < -0.3 is 5.73 Å². The highest BCUT2D eigenvalue weighted by Crippen LogP contribution is 2.48. The van der Waals surface area contributed by atoms with Crippen LogP contribution in [-0.4, -0.2) is 30.1 Å². The van der Waals surface area contributed by atoms with Crippen molar-refractivity contribution in [2.24, 2.45) is 23.0 Å². The van der Waals surface area contributed by atoms with E-state index in [2.05, 4.69) is 18.7 Å². The molecule has 122 valence electrons. The van der Waals surface area contributed by atoms with Gasteiger partial charge in [-0.25, -0.2) is 0 Å². The van der Waals surface area contributed by atoms with E-state index in [1.807, 2.05) is 0 Å². The summed E-state index contributed by atoms with van der Waals surface area (Å²) in [5, 5.41) is 0. The Hall–Kier alpha value is -0.0800. The van der Waals surface area contributed by atoms with Gasteiger partial charge in [0.1, 0.15) is 0 Å². The number of hydrogen-bond acceptors (Lipinski definition) is 2. The van der Waals surface area contributed by atoms with Gasteiger partial charge in [-0.2, -0.15) is 0 Å². The summed E-state index contributed by atoms with van der Waals surface area (Å²) < 4.78 is 0. The summed E-state index contributed by atoms with van der Waals surface area (Å²) in [4.78, 5) is 2.83. The molecule has 1 heterocycles. The maximum atomic E-state index is 6.35. The maximum Gasteiger partial charge on any atom is 0.0359 e. The van der Waals surface area contributed by atoms with Gasteiger partial charge in [0.2, 0.25) is 0 Å². The van der Waals surface area contributed by atoms with Gasteiger partial charge in [-0.15, -0.1) is 0 Å². The van der Waals surface area contributed by atoms with Crippen LogP contribution in [0.2, 0.25) is 0 Å². The van der Waals surface area contributed by atoms with Crippen molar-refractivity contribution in [2.45, 2.75) is 83.6 Å². The lowest BCUT2D eigenvalue weighted by molar-refractivity contribution is -0.0527. The van der Waals surface area contributed by atoms with Crippen molar-refractivity contribution in [1.29, 1.82) is 0 Å². The second-order valence-electron chi connectivity index (χ2n) is 8.51. The molecule has 2 saturated carbocycles. The Morgan fingerprint density at radius 3 is 2.19 bits per heavy atom. The van der Waals surface area contributed by atoms with Crippen molar-refractivity contribution in [3.63, 3.8) is 0 Å². The van der Waals surface area contributed by atoms with Crippen molar-refractivity contribution in [3.8, 4) is 0 Å². The van der Waals surface area contributed by atoms with Crippen LogP contribution in [0.3, 0.4) is 0 Å². The van der Waals surface area contributed by atoms with Crippen molar-refractivity contribution < 1.29 is 0 Å². The van der Waals surface area contributed by atoms with Crippen molar-refractivity contribution >= 4 is 0 Å². The second-order valence-corrected chi connectivity index (χ2v) is 8.51. The molecule has 1 spiro atoms. The minimum Gasteiger partial charge on any atom is -0.329 e. The fourth-order valence-electron chi connectivity index (χ4n) is 5.83. The molecular formula is C19H36N2. The highest BCUT2D eigenvalue weighted by Gasteiger charge is 2.47. The number of hydrogen-bond donors (Lipinski definition) is 1. The minimum atomic E-state index is 0.313. The summed E-state index contributed by atoms with van der Waals surface area (Å²) in [6.45, 7) is 8.41. The molecule has 3 atom stereocenters. The Labute approximate surface area is 131 Å². The molecule has 0 aromatic rings. The number of piperidine rings is 1. The van der Waals surface area contributed by atoms with Gasteiger partial charge in [0.15, 0.2) is 0 Å². The first-order valence-corrected chi connectivity index (χ1v) is 9.57. The summed E-state index contributed by atoms with van der Waals surface area (Å²) in [5.41, 5.74) is 7.38. The largest absolute Gasteiger partial charge is 0.329 e. The Morgan fingerprint density at radius 2 is 1.57 bits per heavy atom. The third kappa shape index (κ3) is 2.79. The fraction of sp³-hybridized carbons (Fsp3) is 1.00. The van der Waals surface area contributed by atoms with E-state index < -0.39 is 0 Å². The smallest absolute Gasteiger partial charge is 0.0359 e. The Morgan fingerprint density at radius 1 is 0.905 bits per heavy atom. The lowest BCUT2D eigenvalue weighted by Gasteiger charge is -2.56. The molecule has 21 heavy (non-hydrogen) atoms.